The number of aryl methyl sites for hydroxylation is 2. The second kappa shape index (κ2) is 34.9. The van der Waals surface area contributed by atoms with Crippen molar-refractivity contribution in [2.24, 2.45) is 0 Å². The van der Waals surface area contributed by atoms with Gasteiger partial charge in [-0.15, -0.1) is 0 Å². The molecule has 19 aromatic rings. The zero-order valence-electron chi connectivity index (χ0n) is 61.6. The Morgan fingerprint density at radius 3 is 1.04 bits per heavy atom. The third-order valence-electron chi connectivity index (χ3n) is 18.7. The minimum atomic E-state index is 0.494. The largest absolute Gasteiger partial charge is 0.351 e. The SMILES string of the molecule is Cc1ccc(Nc2nccc(-c3c[nH]c4ncccc34)n2)cc1.Cc1cccc(Nc2nccc(-c3c[nH]c4ncccc34)n2)c1.Clc1ccc(Nc2nccc(-c3c[nH]c4ncccc34)n2)cc1.Clc1ccccc1Nc1nccc(-c2c[nH]c3ncccc23)n1.c1cnc2[nH]cc(-c3ccnc(NC4CCCCC4)n3)c2c1. The molecule has 1 saturated carbocycles. The van der Waals surface area contributed by atoms with Crippen molar-refractivity contribution in [3.8, 4) is 56.3 Å². The minimum Gasteiger partial charge on any atom is -0.351 e. The van der Waals surface area contributed by atoms with E-state index in [0.717, 1.165) is 140 Å². The molecule has 0 saturated heterocycles. The molecule has 0 amide bonds. The van der Waals surface area contributed by atoms with Crippen molar-refractivity contribution in [1.82, 2.24) is 99.7 Å². The topological polar surface area (TPSA) is 332 Å². The number of fused-ring (bicyclic) bond motifs is 5. The van der Waals surface area contributed by atoms with Crippen molar-refractivity contribution in [2.45, 2.75) is 52.0 Å². The van der Waals surface area contributed by atoms with Crippen molar-refractivity contribution in [3.63, 3.8) is 0 Å². The normalized spacial score (nSPS) is 11.8. The molecule has 25 nitrogen and oxygen atoms in total. The van der Waals surface area contributed by atoms with Crippen molar-refractivity contribution < 1.29 is 0 Å². The van der Waals surface area contributed by atoms with Crippen molar-refractivity contribution >= 4 is 131 Å². The number of para-hydroxylation sites is 1. The van der Waals surface area contributed by atoms with E-state index in [2.05, 4.69) is 170 Å². The molecule has 4 aromatic carbocycles. The quantitative estimate of drug-likeness (QED) is 0.0456. The van der Waals surface area contributed by atoms with E-state index in [1.165, 1.54) is 43.2 Å². The molecule has 15 heterocycles. The van der Waals surface area contributed by atoms with Crippen LogP contribution in [0.15, 0.2) is 281 Å². The number of anilines is 9. The van der Waals surface area contributed by atoms with E-state index in [1.54, 1.807) is 55.8 Å². The number of pyridine rings is 5. The number of rotatable bonds is 15. The van der Waals surface area contributed by atoms with Crippen LogP contribution in [-0.4, -0.2) is 106 Å². The van der Waals surface area contributed by atoms with Crippen LogP contribution in [0.1, 0.15) is 43.2 Å². The lowest BCUT2D eigenvalue weighted by molar-refractivity contribution is 0.461. The van der Waals surface area contributed by atoms with E-state index in [-0.39, 0.29) is 0 Å². The molecular formula is C87H73Cl2N25. The third kappa shape index (κ3) is 17.9. The predicted molar refractivity (Wildman–Crippen MR) is 454 cm³/mol. The summed E-state index contributed by atoms with van der Waals surface area (Å²) in [4.78, 5) is 82.0. The summed E-state index contributed by atoms with van der Waals surface area (Å²) in [6, 6.07) is 60.9. The molecule has 1 aliphatic rings. The summed E-state index contributed by atoms with van der Waals surface area (Å²) in [5.74, 6) is 2.90. The van der Waals surface area contributed by atoms with Gasteiger partial charge in [-0.3, -0.25) is 0 Å². The van der Waals surface area contributed by atoms with E-state index in [4.69, 9.17) is 23.2 Å². The fourth-order valence-electron chi connectivity index (χ4n) is 13.1. The Labute approximate surface area is 663 Å². The van der Waals surface area contributed by atoms with E-state index in [9.17, 15) is 0 Å². The third-order valence-corrected chi connectivity index (χ3v) is 19.2. The summed E-state index contributed by atoms with van der Waals surface area (Å²) >= 11 is 12.1. The molecule has 27 heteroatoms. The maximum atomic E-state index is 6.16. The predicted octanol–water partition coefficient (Wildman–Crippen LogP) is 20.7. The van der Waals surface area contributed by atoms with Gasteiger partial charge in [-0.2, -0.15) is 0 Å². The fraction of sp³-hybridized carbons (Fsp3) is 0.0920. The van der Waals surface area contributed by atoms with Gasteiger partial charge < -0.3 is 51.5 Å². The van der Waals surface area contributed by atoms with E-state index >= 15 is 0 Å². The standard InChI is InChI=1S/2C18H15N5.2C17H12ClN5.C17H19N5/c1-12-4-2-5-13(10-12)22-18-20-9-7-16(23-18)15-11-21-17-14(15)6-3-8-19-17;1-12-4-6-13(7-5-12)22-18-20-10-8-16(23-18)15-11-21-17-14(15)3-2-9-19-17;18-11-3-5-12(6-4-11)22-17-20-9-7-15(23-17)14-10-21-16-13(14)2-1-8-19-16;18-13-5-1-2-6-15(13)23-17-20-9-7-14(22-17)12-10-21-16-11(12)4-3-8-19-16;1-2-5-12(6-3-1)21-17-19-10-8-15(22-17)14-11-20-16-13(14)7-4-9-18-16/h2*2-11H,1H3,(H,19,21)(H,20,22,23);2*1-10H,(H,19,21)(H,20,22,23);4,7-12H,1-3,5-6H2,(H,18,20)(H,19,21,22). The van der Waals surface area contributed by atoms with Gasteiger partial charge in [0, 0.05) is 176 Å². The maximum absolute atomic E-state index is 6.16. The highest BCUT2D eigenvalue weighted by molar-refractivity contribution is 6.33. The van der Waals surface area contributed by atoms with Gasteiger partial charge in [0.15, 0.2) is 0 Å². The Hall–Kier alpha value is -14.7. The number of aromatic nitrogens is 20. The van der Waals surface area contributed by atoms with Crippen molar-refractivity contribution in [3.05, 3.63) is 302 Å². The molecule has 0 aliphatic heterocycles. The number of hydrogen-bond donors (Lipinski definition) is 10. The number of aromatic amines is 5. The van der Waals surface area contributed by atoms with E-state index in [1.807, 2.05) is 195 Å². The van der Waals surface area contributed by atoms with Crippen LogP contribution in [0, 0.1) is 13.8 Å². The van der Waals surface area contributed by atoms with Gasteiger partial charge in [-0.1, -0.05) is 84.4 Å². The maximum Gasteiger partial charge on any atom is 0.227 e. The van der Waals surface area contributed by atoms with Gasteiger partial charge in [-0.25, -0.2) is 74.8 Å². The number of H-pyrrole nitrogens is 5. The second-order valence-corrected chi connectivity index (χ2v) is 27.4. The molecule has 114 heavy (non-hydrogen) atoms. The molecule has 1 aliphatic carbocycles. The van der Waals surface area contributed by atoms with Gasteiger partial charge in [-0.05, 0) is 184 Å². The van der Waals surface area contributed by atoms with Crippen LogP contribution in [0.4, 0.5) is 52.5 Å². The lowest BCUT2D eigenvalue weighted by atomic mass is 9.96. The highest BCUT2D eigenvalue weighted by Gasteiger charge is 2.18. The van der Waals surface area contributed by atoms with Crippen LogP contribution in [-0.2, 0) is 0 Å². The average Bonchev–Trinajstić information content (AvgIpc) is 1.68. The average molecular weight is 1540 g/mol. The van der Waals surface area contributed by atoms with Crippen LogP contribution < -0.4 is 26.6 Å². The summed E-state index contributed by atoms with van der Waals surface area (Å²) in [6.45, 7) is 4.12. The number of hydrogen-bond acceptors (Lipinski definition) is 20. The minimum absolute atomic E-state index is 0.494. The monoisotopic (exact) mass is 1540 g/mol. The molecule has 0 unspecified atom stereocenters. The Morgan fingerprint density at radius 2 is 0.649 bits per heavy atom. The van der Waals surface area contributed by atoms with E-state index in [0.29, 0.717) is 39.9 Å². The fourth-order valence-corrected chi connectivity index (χ4v) is 13.4. The number of halogens is 2. The summed E-state index contributed by atoms with van der Waals surface area (Å²) < 4.78 is 0. The Balaban J connectivity index is 0.000000107. The highest BCUT2D eigenvalue weighted by Crippen LogP contribution is 2.34. The van der Waals surface area contributed by atoms with Crippen LogP contribution in [0.5, 0.6) is 0 Å². The first-order valence-corrected chi connectivity index (χ1v) is 37.6. The van der Waals surface area contributed by atoms with Gasteiger partial charge in [0.1, 0.15) is 28.2 Å². The van der Waals surface area contributed by atoms with Crippen LogP contribution in [0.3, 0.4) is 0 Å². The Morgan fingerprint density at radius 1 is 0.298 bits per heavy atom. The number of nitrogens with one attached hydrogen (secondary N) is 10. The van der Waals surface area contributed by atoms with Gasteiger partial charge in [0.25, 0.3) is 0 Å². The molecule has 560 valence electrons. The smallest absolute Gasteiger partial charge is 0.227 e. The lowest BCUT2D eigenvalue weighted by Crippen LogP contribution is -2.23. The summed E-state index contributed by atoms with van der Waals surface area (Å²) in [7, 11) is 0. The molecule has 15 aromatic heterocycles. The first-order valence-electron chi connectivity index (χ1n) is 36.9. The Kier molecular flexibility index (Phi) is 22.5. The molecule has 10 N–H and O–H groups in total. The molecule has 0 spiro atoms. The number of nitrogens with zero attached hydrogens (tertiary/aromatic N) is 15. The molecular weight excluding hydrogens is 1470 g/mol. The molecule has 20 rings (SSSR count). The Bertz CT molecular complexity index is 6290. The van der Waals surface area contributed by atoms with Crippen LogP contribution in [0.2, 0.25) is 10.0 Å². The van der Waals surface area contributed by atoms with Crippen LogP contribution in [0.25, 0.3) is 111 Å². The second-order valence-electron chi connectivity index (χ2n) is 26.5. The van der Waals surface area contributed by atoms with Gasteiger partial charge in [0.05, 0.1) is 39.2 Å². The highest BCUT2D eigenvalue weighted by atomic mass is 35.5. The van der Waals surface area contributed by atoms with Crippen molar-refractivity contribution in [2.75, 3.05) is 26.6 Å². The molecule has 0 radical (unpaired) electrons. The summed E-state index contributed by atoms with van der Waals surface area (Å²) in [5, 5.41) is 22.8. The van der Waals surface area contributed by atoms with E-state index < -0.39 is 0 Å². The molecule has 0 atom stereocenters. The zero-order chi connectivity index (χ0) is 77.4. The van der Waals surface area contributed by atoms with Gasteiger partial charge in [0.2, 0.25) is 29.7 Å². The van der Waals surface area contributed by atoms with Gasteiger partial charge >= 0.3 is 0 Å². The summed E-state index contributed by atoms with van der Waals surface area (Å²) in [5.41, 5.74) is 19.6. The zero-order valence-corrected chi connectivity index (χ0v) is 63.1. The summed E-state index contributed by atoms with van der Waals surface area (Å²) in [6.07, 6.45) is 33.6. The number of benzene rings is 4. The molecule has 0 bridgehead atoms. The molecule has 1 fully saturated rings. The first kappa shape index (κ1) is 73.5. The van der Waals surface area contributed by atoms with Crippen LogP contribution >= 0.6 is 23.2 Å². The lowest BCUT2D eigenvalue weighted by Gasteiger charge is -2.22. The van der Waals surface area contributed by atoms with Crippen molar-refractivity contribution in [1.29, 1.82) is 0 Å². The first-order chi connectivity index (χ1) is 56.1.